The predicted molar refractivity (Wildman–Crippen MR) is 64.8 cm³/mol. The molecule has 1 aliphatic carbocycles. The molecule has 0 aliphatic heterocycles. The zero-order chi connectivity index (χ0) is 13.3. The van der Waals surface area contributed by atoms with Gasteiger partial charge in [0.1, 0.15) is 0 Å². The number of hydrogen-bond acceptors (Lipinski definition) is 2. The van der Waals surface area contributed by atoms with Crippen LogP contribution in [0.15, 0.2) is 42.3 Å². The second-order valence-electron chi connectivity index (χ2n) is 4.45. The lowest BCUT2D eigenvalue weighted by Crippen LogP contribution is -2.31. The molecule has 0 spiro atoms. The third kappa shape index (κ3) is 2.37. The van der Waals surface area contributed by atoms with E-state index >= 15 is 0 Å². The van der Waals surface area contributed by atoms with E-state index in [-0.39, 0.29) is 17.4 Å². The van der Waals surface area contributed by atoms with Gasteiger partial charge in [0.25, 0.3) is 0 Å². The van der Waals surface area contributed by atoms with E-state index in [0.717, 1.165) is 17.7 Å². The summed E-state index contributed by atoms with van der Waals surface area (Å²) < 4.78 is 32.8. The van der Waals surface area contributed by atoms with E-state index in [1.54, 1.807) is 19.9 Å². The van der Waals surface area contributed by atoms with Crippen molar-refractivity contribution < 1.29 is 18.6 Å². The summed E-state index contributed by atoms with van der Waals surface area (Å²) in [5, 5.41) is 9.62. The maximum atomic E-state index is 14.2. The van der Waals surface area contributed by atoms with E-state index < -0.39 is 11.7 Å². The summed E-state index contributed by atoms with van der Waals surface area (Å²) in [5.41, 5.74) is 0.802. The first kappa shape index (κ1) is 12.6. The number of aromatic hydroxyl groups is 1. The van der Waals surface area contributed by atoms with Crippen molar-refractivity contribution in [3.05, 3.63) is 47.8 Å². The van der Waals surface area contributed by atoms with Crippen molar-refractivity contribution in [3.63, 3.8) is 0 Å². The minimum atomic E-state index is -2.64. The summed E-state index contributed by atoms with van der Waals surface area (Å²) in [6.45, 7) is 3.51. The van der Waals surface area contributed by atoms with E-state index in [4.69, 9.17) is 4.74 Å². The van der Waals surface area contributed by atoms with Gasteiger partial charge in [0.15, 0.2) is 17.3 Å². The van der Waals surface area contributed by atoms with Crippen LogP contribution in [0.5, 0.6) is 11.5 Å². The number of benzene rings is 1. The Hall–Kier alpha value is -1.84. The summed E-state index contributed by atoms with van der Waals surface area (Å²) in [7, 11) is 0. The van der Waals surface area contributed by atoms with Gasteiger partial charge in [0, 0.05) is 0 Å². The molecule has 0 aromatic heterocycles. The number of phenolic OH excluding ortho intramolecular Hbond substituents is 1. The minimum Gasteiger partial charge on any atom is -0.504 e. The largest absolute Gasteiger partial charge is 0.504 e. The Morgan fingerprint density at radius 3 is 2.72 bits per heavy atom. The third-order valence-corrected chi connectivity index (χ3v) is 2.72. The molecule has 0 bridgehead atoms. The van der Waals surface area contributed by atoms with Crippen molar-refractivity contribution >= 4 is 0 Å². The summed E-state index contributed by atoms with van der Waals surface area (Å²) in [6.07, 6.45) is 3.67. The highest BCUT2D eigenvalue weighted by Crippen LogP contribution is 2.37. The van der Waals surface area contributed by atoms with Gasteiger partial charge in [-0.3, -0.25) is 0 Å². The predicted octanol–water partition coefficient (Wildman–Crippen LogP) is 3.80. The molecule has 0 radical (unpaired) electrons. The smallest absolute Gasteiger partial charge is 0.319 e. The highest BCUT2D eigenvalue weighted by atomic mass is 19.2. The Morgan fingerprint density at radius 2 is 2.11 bits per heavy atom. The Balaban J connectivity index is 2.28. The van der Waals surface area contributed by atoms with Crippen LogP contribution in [0.1, 0.15) is 12.5 Å². The monoisotopic (exact) mass is 252 g/mol. The molecular weight excluding hydrogens is 238 g/mol. The van der Waals surface area contributed by atoms with Gasteiger partial charge in [-0.15, -0.1) is 0 Å². The fourth-order valence-electron chi connectivity index (χ4n) is 1.71. The summed E-state index contributed by atoms with van der Waals surface area (Å²) >= 11 is 0. The quantitative estimate of drug-likeness (QED) is 0.811. The number of ether oxygens (including phenoxy) is 1. The van der Waals surface area contributed by atoms with Gasteiger partial charge >= 0.3 is 5.85 Å². The van der Waals surface area contributed by atoms with Crippen LogP contribution in [-0.2, 0) is 0 Å². The molecule has 1 aromatic rings. The summed E-state index contributed by atoms with van der Waals surface area (Å²) in [5.74, 6) is -4.13. The highest BCUT2D eigenvalue weighted by molar-refractivity contribution is 5.42. The van der Waals surface area contributed by atoms with Crippen LogP contribution in [0.2, 0.25) is 0 Å². The lowest BCUT2D eigenvalue weighted by molar-refractivity contribution is -0.00371. The highest BCUT2D eigenvalue weighted by Gasteiger charge is 2.38. The van der Waals surface area contributed by atoms with Crippen LogP contribution in [0.25, 0.3) is 0 Å². The SMILES string of the molecule is Cc1ccc(OC2(F)C=CC(C)C=C2F)c(O)c1. The minimum absolute atomic E-state index is 0.0918. The Bertz CT molecular complexity index is 523. The first-order valence-electron chi connectivity index (χ1n) is 5.65. The first-order chi connectivity index (χ1) is 8.40. The molecule has 1 aromatic carbocycles. The van der Waals surface area contributed by atoms with Crippen molar-refractivity contribution in [3.8, 4) is 11.5 Å². The lowest BCUT2D eigenvalue weighted by Gasteiger charge is -2.25. The van der Waals surface area contributed by atoms with Gasteiger partial charge in [0.2, 0.25) is 0 Å². The van der Waals surface area contributed by atoms with E-state index in [1.807, 2.05) is 0 Å². The molecule has 1 N–H and O–H groups in total. The number of rotatable bonds is 2. The molecule has 1 aliphatic rings. The first-order valence-corrected chi connectivity index (χ1v) is 5.65. The summed E-state index contributed by atoms with van der Waals surface area (Å²) in [4.78, 5) is 0. The molecule has 0 amide bonds. The molecule has 4 heteroatoms. The molecular formula is C14H14F2O2. The van der Waals surface area contributed by atoms with Crippen LogP contribution in [0.4, 0.5) is 8.78 Å². The standard InChI is InChI=1S/C14H14F2O2/c1-9-3-4-12(11(17)7-9)18-14(16)6-5-10(2)8-13(14)15/h3-8,10,17H,1-2H3. The van der Waals surface area contributed by atoms with E-state index in [9.17, 15) is 13.9 Å². The van der Waals surface area contributed by atoms with Gasteiger partial charge in [-0.05, 0) is 42.7 Å². The molecule has 0 heterocycles. The average Bonchev–Trinajstić information content (AvgIpc) is 2.29. The van der Waals surface area contributed by atoms with Crippen molar-refractivity contribution in [2.24, 2.45) is 5.92 Å². The molecule has 0 saturated carbocycles. The second kappa shape index (κ2) is 4.44. The molecule has 96 valence electrons. The third-order valence-electron chi connectivity index (χ3n) is 2.72. The fraction of sp³-hybridized carbons (Fsp3) is 0.286. The molecule has 0 fully saturated rings. The number of allylic oxidation sites excluding steroid dienone is 2. The van der Waals surface area contributed by atoms with Gasteiger partial charge < -0.3 is 9.84 Å². The van der Waals surface area contributed by atoms with Crippen molar-refractivity contribution in [1.82, 2.24) is 0 Å². The number of aryl methyl sites for hydroxylation is 1. The van der Waals surface area contributed by atoms with Gasteiger partial charge in [-0.1, -0.05) is 19.1 Å². The zero-order valence-electron chi connectivity index (χ0n) is 10.2. The van der Waals surface area contributed by atoms with E-state index in [2.05, 4.69) is 0 Å². The molecule has 2 nitrogen and oxygen atoms in total. The van der Waals surface area contributed by atoms with Crippen molar-refractivity contribution in [2.75, 3.05) is 0 Å². The number of phenols is 1. The zero-order valence-corrected chi connectivity index (χ0v) is 10.2. The lowest BCUT2D eigenvalue weighted by atomic mass is 10.0. The fourth-order valence-corrected chi connectivity index (χ4v) is 1.71. The maximum absolute atomic E-state index is 14.2. The van der Waals surface area contributed by atoms with Crippen LogP contribution in [0.3, 0.4) is 0 Å². The molecule has 2 unspecified atom stereocenters. The number of halogens is 2. The van der Waals surface area contributed by atoms with Crippen LogP contribution >= 0.6 is 0 Å². The average molecular weight is 252 g/mol. The topological polar surface area (TPSA) is 29.5 Å². The van der Waals surface area contributed by atoms with Crippen molar-refractivity contribution in [1.29, 1.82) is 0 Å². The van der Waals surface area contributed by atoms with Crippen LogP contribution in [0, 0.1) is 12.8 Å². The van der Waals surface area contributed by atoms with Gasteiger partial charge in [0.05, 0.1) is 0 Å². The Labute approximate surface area is 104 Å². The van der Waals surface area contributed by atoms with Crippen LogP contribution < -0.4 is 4.74 Å². The Morgan fingerprint density at radius 1 is 1.39 bits per heavy atom. The molecule has 2 atom stereocenters. The molecule has 2 rings (SSSR count). The van der Waals surface area contributed by atoms with Gasteiger partial charge in [-0.25, -0.2) is 4.39 Å². The van der Waals surface area contributed by atoms with Crippen LogP contribution in [-0.4, -0.2) is 11.0 Å². The normalized spacial score (nSPS) is 26.9. The van der Waals surface area contributed by atoms with Crippen molar-refractivity contribution in [2.45, 2.75) is 19.7 Å². The second-order valence-corrected chi connectivity index (χ2v) is 4.45. The summed E-state index contributed by atoms with van der Waals surface area (Å²) in [6, 6.07) is 4.48. The van der Waals surface area contributed by atoms with E-state index in [1.165, 1.54) is 18.2 Å². The van der Waals surface area contributed by atoms with Gasteiger partial charge in [-0.2, -0.15) is 4.39 Å². The maximum Gasteiger partial charge on any atom is 0.319 e. The molecule has 0 saturated heterocycles. The number of alkyl halides is 1. The number of hydrogen-bond donors (Lipinski definition) is 1. The molecule has 18 heavy (non-hydrogen) atoms. The van der Waals surface area contributed by atoms with E-state index in [0.29, 0.717) is 0 Å². The Kier molecular flexibility index (Phi) is 3.11.